The fourth-order valence-electron chi connectivity index (χ4n) is 1.85. The average Bonchev–Trinajstić information content (AvgIpc) is 2.44. The fraction of sp³-hybridized carbons (Fsp3) is 0.533. The number of halogens is 1. The van der Waals surface area contributed by atoms with E-state index in [9.17, 15) is 9.18 Å². The molecule has 3 nitrogen and oxygen atoms in total. The Bertz CT molecular complexity index is 375. The van der Waals surface area contributed by atoms with Crippen molar-refractivity contribution in [2.24, 2.45) is 5.92 Å². The van der Waals surface area contributed by atoms with E-state index in [0.717, 1.165) is 17.7 Å². The van der Waals surface area contributed by atoms with Gasteiger partial charge >= 0.3 is 5.97 Å². The number of methoxy groups -OCH3 is 1. The van der Waals surface area contributed by atoms with Gasteiger partial charge in [-0.3, -0.25) is 9.18 Å². The number of hydrogen-bond acceptors (Lipinski definition) is 3. The highest BCUT2D eigenvalue weighted by molar-refractivity contribution is 5.69. The molecule has 106 valence electrons. The molecule has 0 spiro atoms. The third-order valence-electron chi connectivity index (χ3n) is 2.98. The Morgan fingerprint density at radius 3 is 2.53 bits per heavy atom. The minimum Gasteiger partial charge on any atom is -0.497 e. The van der Waals surface area contributed by atoms with Crippen LogP contribution in [0.1, 0.15) is 25.3 Å². The molecule has 0 saturated heterocycles. The first-order valence-corrected chi connectivity index (χ1v) is 6.54. The number of aryl methyl sites for hydroxylation is 1. The number of carbonyl (C=O) groups is 1. The standard InChI is InChI=1S/C15H21FO3/c1-3-19-15(17)10-13(11-16)5-4-12-6-8-14(18-2)9-7-12/h6-9,13H,3-5,10-11H2,1-2H3. The molecule has 0 amide bonds. The third kappa shape index (κ3) is 5.73. The Morgan fingerprint density at radius 1 is 1.32 bits per heavy atom. The number of hydrogen-bond donors (Lipinski definition) is 0. The van der Waals surface area contributed by atoms with Crippen molar-refractivity contribution in [2.45, 2.75) is 26.2 Å². The van der Waals surface area contributed by atoms with Crippen LogP contribution in [0.3, 0.4) is 0 Å². The Morgan fingerprint density at radius 2 is 2.00 bits per heavy atom. The van der Waals surface area contributed by atoms with Gasteiger partial charge in [-0.25, -0.2) is 0 Å². The lowest BCUT2D eigenvalue weighted by atomic mass is 9.97. The van der Waals surface area contributed by atoms with Crippen molar-refractivity contribution in [1.82, 2.24) is 0 Å². The maximum Gasteiger partial charge on any atom is 0.306 e. The van der Waals surface area contributed by atoms with Gasteiger partial charge in [0.05, 0.1) is 26.8 Å². The first-order chi connectivity index (χ1) is 9.19. The van der Waals surface area contributed by atoms with Gasteiger partial charge in [0.1, 0.15) is 5.75 Å². The number of benzene rings is 1. The van der Waals surface area contributed by atoms with E-state index in [0.29, 0.717) is 13.0 Å². The van der Waals surface area contributed by atoms with Crippen molar-refractivity contribution >= 4 is 5.97 Å². The lowest BCUT2D eigenvalue weighted by Crippen LogP contribution is -2.14. The first kappa shape index (κ1) is 15.5. The molecule has 1 aromatic carbocycles. The van der Waals surface area contributed by atoms with Crippen LogP contribution in [-0.4, -0.2) is 26.4 Å². The van der Waals surface area contributed by atoms with E-state index in [1.54, 1.807) is 14.0 Å². The summed E-state index contributed by atoms with van der Waals surface area (Å²) >= 11 is 0. The average molecular weight is 268 g/mol. The van der Waals surface area contributed by atoms with Gasteiger partial charge in [-0.1, -0.05) is 12.1 Å². The lowest BCUT2D eigenvalue weighted by Gasteiger charge is -2.12. The zero-order valence-electron chi connectivity index (χ0n) is 11.5. The summed E-state index contributed by atoms with van der Waals surface area (Å²) < 4.78 is 22.8. The van der Waals surface area contributed by atoms with Gasteiger partial charge in [0.25, 0.3) is 0 Å². The number of alkyl halides is 1. The Balaban J connectivity index is 2.41. The molecule has 0 N–H and O–H groups in total. The molecule has 0 heterocycles. The van der Waals surface area contributed by atoms with Gasteiger partial charge in [0.15, 0.2) is 0 Å². The SMILES string of the molecule is CCOC(=O)CC(CF)CCc1ccc(OC)cc1. The number of ether oxygens (including phenoxy) is 2. The summed E-state index contributed by atoms with van der Waals surface area (Å²) in [6.45, 7) is 1.60. The maximum absolute atomic E-state index is 12.9. The number of esters is 1. The second kappa shape index (κ2) is 8.51. The summed E-state index contributed by atoms with van der Waals surface area (Å²) in [7, 11) is 1.62. The van der Waals surface area contributed by atoms with Crippen molar-refractivity contribution in [1.29, 1.82) is 0 Å². The largest absolute Gasteiger partial charge is 0.497 e. The Labute approximate surface area is 113 Å². The highest BCUT2D eigenvalue weighted by atomic mass is 19.1. The highest BCUT2D eigenvalue weighted by Crippen LogP contribution is 2.17. The van der Waals surface area contributed by atoms with Crippen molar-refractivity contribution in [2.75, 3.05) is 20.4 Å². The molecule has 1 rings (SSSR count). The lowest BCUT2D eigenvalue weighted by molar-refractivity contribution is -0.144. The predicted molar refractivity (Wildman–Crippen MR) is 72.0 cm³/mol. The van der Waals surface area contributed by atoms with Crippen LogP contribution in [-0.2, 0) is 16.0 Å². The Hall–Kier alpha value is -1.58. The van der Waals surface area contributed by atoms with Gasteiger partial charge < -0.3 is 9.47 Å². The van der Waals surface area contributed by atoms with Crippen LogP contribution in [0, 0.1) is 5.92 Å². The first-order valence-electron chi connectivity index (χ1n) is 6.54. The normalized spacial score (nSPS) is 11.9. The minimum absolute atomic E-state index is 0.153. The number of carbonyl (C=O) groups excluding carboxylic acids is 1. The second-order valence-electron chi connectivity index (χ2n) is 4.42. The smallest absolute Gasteiger partial charge is 0.306 e. The monoisotopic (exact) mass is 268 g/mol. The van der Waals surface area contributed by atoms with Crippen LogP contribution >= 0.6 is 0 Å². The van der Waals surface area contributed by atoms with Gasteiger partial charge in [0, 0.05) is 0 Å². The molecular formula is C15H21FO3. The summed E-state index contributed by atoms with van der Waals surface area (Å²) in [6.07, 6.45) is 1.54. The fourth-order valence-corrected chi connectivity index (χ4v) is 1.85. The molecule has 0 aromatic heterocycles. The van der Waals surface area contributed by atoms with Crippen LogP contribution in [0.25, 0.3) is 0 Å². The van der Waals surface area contributed by atoms with Crippen molar-refractivity contribution in [3.63, 3.8) is 0 Å². The van der Waals surface area contributed by atoms with Gasteiger partial charge in [0.2, 0.25) is 0 Å². The van der Waals surface area contributed by atoms with Gasteiger partial charge in [-0.05, 0) is 43.4 Å². The molecule has 0 aliphatic rings. The van der Waals surface area contributed by atoms with Crippen LogP contribution in [0.4, 0.5) is 4.39 Å². The van der Waals surface area contributed by atoms with Gasteiger partial charge in [-0.2, -0.15) is 0 Å². The van der Waals surface area contributed by atoms with Crippen LogP contribution in [0.5, 0.6) is 5.75 Å². The second-order valence-corrected chi connectivity index (χ2v) is 4.42. The molecule has 1 unspecified atom stereocenters. The summed E-state index contributed by atoms with van der Waals surface area (Å²) in [5.41, 5.74) is 1.11. The van der Waals surface area contributed by atoms with E-state index in [1.807, 2.05) is 24.3 Å². The summed E-state index contributed by atoms with van der Waals surface area (Å²) in [5.74, 6) is 0.221. The highest BCUT2D eigenvalue weighted by Gasteiger charge is 2.14. The van der Waals surface area contributed by atoms with E-state index in [1.165, 1.54) is 0 Å². The predicted octanol–water partition coefficient (Wildman–Crippen LogP) is 3.17. The van der Waals surface area contributed by atoms with E-state index in [4.69, 9.17) is 9.47 Å². The molecule has 0 aliphatic carbocycles. The molecule has 0 aliphatic heterocycles. The third-order valence-corrected chi connectivity index (χ3v) is 2.98. The van der Waals surface area contributed by atoms with E-state index in [-0.39, 0.29) is 18.3 Å². The molecule has 4 heteroatoms. The topological polar surface area (TPSA) is 35.5 Å². The molecule has 1 atom stereocenters. The zero-order valence-corrected chi connectivity index (χ0v) is 11.5. The maximum atomic E-state index is 12.9. The molecule has 0 bridgehead atoms. The summed E-state index contributed by atoms with van der Waals surface area (Å²) in [4.78, 5) is 11.3. The van der Waals surface area contributed by atoms with E-state index in [2.05, 4.69) is 0 Å². The van der Waals surface area contributed by atoms with Gasteiger partial charge in [-0.15, -0.1) is 0 Å². The van der Waals surface area contributed by atoms with Crippen LogP contribution < -0.4 is 4.74 Å². The quantitative estimate of drug-likeness (QED) is 0.679. The molecule has 0 radical (unpaired) electrons. The zero-order chi connectivity index (χ0) is 14.1. The number of rotatable bonds is 8. The van der Waals surface area contributed by atoms with Crippen molar-refractivity contribution < 1.29 is 18.7 Å². The molecule has 0 saturated carbocycles. The minimum atomic E-state index is -0.491. The van der Waals surface area contributed by atoms with Crippen LogP contribution in [0.2, 0.25) is 0 Å². The molecular weight excluding hydrogens is 247 g/mol. The summed E-state index contributed by atoms with van der Waals surface area (Å²) in [6, 6.07) is 7.67. The van der Waals surface area contributed by atoms with E-state index < -0.39 is 6.67 Å². The Kier molecular flexibility index (Phi) is 6.93. The molecule has 0 fully saturated rings. The molecule has 1 aromatic rings. The summed E-state index contributed by atoms with van der Waals surface area (Å²) in [5, 5.41) is 0. The molecule has 19 heavy (non-hydrogen) atoms. The van der Waals surface area contributed by atoms with E-state index >= 15 is 0 Å². The van der Waals surface area contributed by atoms with Crippen molar-refractivity contribution in [3.05, 3.63) is 29.8 Å². The van der Waals surface area contributed by atoms with Crippen molar-refractivity contribution in [3.8, 4) is 5.75 Å². The van der Waals surface area contributed by atoms with Crippen LogP contribution in [0.15, 0.2) is 24.3 Å².